The van der Waals surface area contributed by atoms with Crippen molar-refractivity contribution in [3.8, 4) is 22.3 Å². The van der Waals surface area contributed by atoms with Gasteiger partial charge in [0, 0.05) is 5.41 Å². The lowest BCUT2D eigenvalue weighted by Crippen LogP contribution is -2.14. The normalized spacial score (nSPS) is 14.4. The fourth-order valence-electron chi connectivity index (χ4n) is 3.80. The number of halogens is 1. The molecule has 1 heteroatoms. The minimum Gasteiger partial charge on any atom is -0.207 e. The van der Waals surface area contributed by atoms with Crippen LogP contribution >= 0.6 is 0 Å². The molecule has 1 aliphatic rings. The molecule has 114 valence electrons. The zero-order chi connectivity index (χ0) is 16.2. The van der Waals surface area contributed by atoms with E-state index in [1.165, 1.54) is 22.3 Å². The van der Waals surface area contributed by atoms with Crippen LogP contribution in [0.15, 0.2) is 60.7 Å². The van der Waals surface area contributed by atoms with E-state index >= 15 is 0 Å². The molecule has 3 aromatic rings. The van der Waals surface area contributed by atoms with E-state index in [0.717, 1.165) is 16.7 Å². The van der Waals surface area contributed by atoms with Crippen LogP contribution in [0.4, 0.5) is 4.39 Å². The molecule has 0 atom stereocenters. The zero-order valence-corrected chi connectivity index (χ0v) is 13.7. The monoisotopic (exact) mass is 302 g/mol. The predicted molar refractivity (Wildman–Crippen MR) is 94.1 cm³/mol. The maximum absolute atomic E-state index is 13.7. The van der Waals surface area contributed by atoms with Crippen molar-refractivity contribution >= 4 is 0 Å². The number of aryl methyl sites for hydroxylation is 1. The third-order valence-corrected chi connectivity index (χ3v) is 4.96. The van der Waals surface area contributed by atoms with Gasteiger partial charge in [-0.3, -0.25) is 0 Å². The Bertz CT molecular complexity index is 899. The number of hydrogen-bond donors (Lipinski definition) is 0. The Labute approximate surface area is 136 Å². The van der Waals surface area contributed by atoms with E-state index in [1.807, 2.05) is 13.0 Å². The van der Waals surface area contributed by atoms with E-state index in [9.17, 15) is 4.39 Å². The van der Waals surface area contributed by atoms with Gasteiger partial charge >= 0.3 is 0 Å². The van der Waals surface area contributed by atoms with Gasteiger partial charge in [0.05, 0.1) is 0 Å². The van der Waals surface area contributed by atoms with Crippen LogP contribution in [0.2, 0.25) is 0 Å². The minimum absolute atomic E-state index is 0.0162. The number of rotatable bonds is 1. The molecule has 0 amide bonds. The molecule has 0 bridgehead atoms. The van der Waals surface area contributed by atoms with Gasteiger partial charge in [-0.2, -0.15) is 0 Å². The summed E-state index contributed by atoms with van der Waals surface area (Å²) >= 11 is 0. The van der Waals surface area contributed by atoms with E-state index in [0.29, 0.717) is 0 Å². The molecule has 0 heterocycles. The van der Waals surface area contributed by atoms with E-state index in [1.54, 1.807) is 12.1 Å². The van der Waals surface area contributed by atoms with E-state index in [4.69, 9.17) is 0 Å². The second-order valence-electron chi connectivity index (χ2n) is 6.95. The highest BCUT2D eigenvalue weighted by molar-refractivity contribution is 5.84. The molecule has 0 nitrogen and oxygen atoms in total. The summed E-state index contributed by atoms with van der Waals surface area (Å²) in [5.74, 6) is -0.179. The lowest BCUT2D eigenvalue weighted by atomic mass is 9.82. The summed E-state index contributed by atoms with van der Waals surface area (Å²) in [4.78, 5) is 0. The largest absolute Gasteiger partial charge is 0.207 e. The molecule has 0 saturated heterocycles. The van der Waals surface area contributed by atoms with Gasteiger partial charge in [-0.15, -0.1) is 0 Å². The van der Waals surface area contributed by atoms with Crippen molar-refractivity contribution in [1.82, 2.24) is 0 Å². The maximum Gasteiger partial charge on any atom is 0.124 e. The van der Waals surface area contributed by atoms with Crippen LogP contribution in [-0.4, -0.2) is 0 Å². The van der Waals surface area contributed by atoms with Crippen LogP contribution in [0.25, 0.3) is 22.3 Å². The molecular formula is C22H19F. The summed E-state index contributed by atoms with van der Waals surface area (Å²) in [7, 11) is 0. The second kappa shape index (κ2) is 4.79. The molecule has 23 heavy (non-hydrogen) atoms. The van der Waals surface area contributed by atoms with Crippen molar-refractivity contribution in [2.24, 2.45) is 0 Å². The lowest BCUT2D eigenvalue weighted by Gasteiger charge is -2.21. The van der Waals surface area contributed by atoms with Gasteiger partial charge in [0.15, 0.2) is 0 Å². The molecule has 0 aromatic heterocycles. The number of fused-ring (bicyclic) bond motifs is 3. The summed E-state index contributed by atoms with van der Waals surface area (Å²) in [6, 6.07) is 20.3. The molecule has 0 N–H and O–H groups in total. The Hall–Kier alpha value is -2.41. The lowest BCUT2D eigenvalue weighted by molar-refractivity contribution is 0.627. The summed E-state index contributed by atoms with van der Waals surface area (Å²) in [5.41, 5.74) is 8.24. The average Bonchev–Trinajstić information content (AvgIpc) is 2.75. The third-order valence-electron chi connectivity index (χ3n) is 4.96. The Morgan fingerprint density at radius 1 is 0.739 bits per heavy atom. The Morgan fingerprint density at radius 2 is 1.48 bits per heavy atom. The predicted octanol–water partition coefficient (Wildman–Crippen LogP) is 6.11. The van der Waals surface area contributed by atoms with Crippen LogP contribution in [0, 0.1) is 12.7 Å². The Kier molecular flexibility index (Phi) is 2.96. The summed E-state index contributed by atoms with van der Waals surface area (Å²) < 4.78 is 13.7. The number of hydrogen-bond acceptors (Lipinski definition) is 0. The standard InChI is InChI=1S/C22H19F/c1-14-10-16(12-17(23)11-14)15-8-9-21-19(13-15)18-6-4-5-7-20(18)22(21,2)3/h4-13H,1-3H3. The van der Waals surface area contributed by atoms with Gasteiger partial charge < -0.3 is 0 Å². The Morgan fingerprint density at radius 3 is 2.26 bits per heavy atom. The second-order valence-corrected chi connectivity index (χ2v) is 6.95. The highest BCUT2D eigenvalue weighted by atomic mass is 19.1. The minimum atomic E-state index is -0.179. The zero-order valence-electron chi connectivity index (χ0n) is 13.7. The van der Waals surface area contributed by atoms with Crippen molar-refractivity contribution in [1.29, 1.82) is 0 Å². The van der Waals surface area contributed by atoms with E-state index in [-0.39, 0.29) is 11.2 Å². The first-order valence-electron chi connectivity index (χ1n) is 7.99. The third kappa shape index (κ3) is 2.11. The summed E-state index contributed by atoms with van der Waals surface area (Å²) in [6.45, 7) is 6.46. The van der Waals surface area contributed by atoms with Crippen LogP contribution in [0.1, 0.15) is 30.5 Å². The molecule has 4 rings (SSSR count). The van der Waals surface area contributed by atoms with Crippen LogP contribution < -0.4 is 0 Å². The first-order valence-corrected chi connectivity index (χ1v) is 7.99. The molecular weight excluding hydrogens is 283 g/mol. The summed E-state index contributed by atoms with van der Waals surface area (Å²) in [6.07, 6.45) is 0. The topological polar surface area (TPSA) is 0 Å². The smallest absolute Gasteiger partial charge is 0.124 e. The highest BCUT2D eigenvalue weighted by Crippen LogP contribution is 2.49. The van der Waals surface area contributed by atoms with Gasteiger partial charge in [0.2, 0.25) is 0 Å². The van der Waals surface area contributed by atoms with Gasteiger partial charge in [-0.05, 0) is 64.1 Å². The SMILES string of the molecule is Cc1cc(F)cc(-c2ccc3c(c2)-c2ccccc2C3(C)C)c1. The molecule has 0 aliphatic heterocycles. The molecule has 3 aromatic carbocycles. The van der Waals surface area contributed by atoms with Gasteiger partial charge in [0.25, 0.3) is 0 Å². The molecule has 0 fully saturated rings. The molecule has 0 saturated carbocycles. The molecule has 1 aliphatic carbocycles. The van der Waals surface area contributed by atoms with E-state index in [2.05, 4.69) is 56.3 Å². The van der Waals surface area contributed by atoms with Crippen molar-refractivity contribution in [3.05, 3.63) is 83.2 Å². The Balaban J connectivity index is 1.94. The van der Waals surface area contributed by atoms with Crippen LogP contribution in [0.3, 0.4) is 0 Å². The fourth-order valence-corrected chi connectivity index (χ4v) is 3.80. The van der Waals surface area contributed by atoms with Crippen molar-refractivity contribution in [2.75, 3.05) is 0 Å². The van der Waals surface area contributed by atoms with Gasteiger partial charge in [0.1, 0.15) is 5.82 Å². The average molecular weight is 302 g/mol. The first kappa shape index (κ1) is 14.2. The van der Waals surface area contributed by atoms with Crippen LogP contribution in [0.5, 0.6) is 0 Å². The molecule has 0 unspecified atom stereocenters. The highest BCUT2D eigenvalue weighted by Gasteiger charge is 2.34. The summed E-state index contributed by atoms with van der Waals surface area (Å²) in [5, 5.41) is 0. The fraction of sp³-hybridized carbons (Fsp3) is 0.182. The molecule has 0 spiro atoms. The number of benzene rings is 3. The van der Waals surface area contributed by atoms with Gasteiger partial charge in [-0.1, -0.05) is 56.3 Å². The van der Waals surface area contributed by atoms with Crippen molar-refractivity contribution in [3.63, 3.8) is 0 Å². The molecule has 0 radical (unpaired) electrons. The maximum atomic E-state index is 13.7. The van der Waals surface area contributed by atoms with E-state index < -0.39 is 0 Å². The van der Waals surface area contributed by atoms with Gasteiger partial charge in [-0.25, -0.2) is 4.39 Å². The van der Waals surface area contributed by atoms with Crippen LogP contribution in [-0.2, 0) is 5.41 Å². The van der Waals surface area contributed by atoms with Crippen molar-refractivity contribution < 1.29 is 4.39 Å². The van der Waals surface area contributed by atoms with Crippen molar-refractivity contribution in [2.45, 2.75) is 26.2 Å². The first-order chi connectivity index (χ1) is 11.0. The quantitative estimate of drug-likeness (QED) is 0.509.